The van der Waals surface area contributed by atoms with Crippen LogP contribution in [0.3, 0.4) is 0 Å². The van der Waals surface area contributed by atoms with Crippen molar-refractivity contribution >= 4 is 65.5 Å². The quantitative estimate of drug-likeness (QED) is 0.289. The smallest absolute Gasteiger partial charge is 0.341 e. The van der Waals surface area contributed by atoms with E-state index < -0.39 is 39.1 Å². The van der Waals surface area contributed by atoms with E-state index in [4.69, 9.17) is 9.47 Å². The zero-order valence-electron chi connectivity index (χ0n) is 20.9. The van der Waals surface area contributed by atoms with Crippen molar-refractivity contribution in [3.63, 3.8) is 0 Å². The van der Waals surface area contributed by atoms with Crippen LogP contribution in [0.2, 0.25) is 0 Å². The van der Waals surface area contributed by atoms with Crippen LogP contribution in [-0.4, -0.2) is 56.0 Å². The number of esters is 1. The van der Waals surface area contributed by atoms with E-state index in [0.29, 0.717) is 30.1 Å². The molecule has 0 radical (unpaired) electrons. The number of sulfone groups is 1. The van der Waals surface area contributed by atoms with Gasteiger partial charge in [0.2, 0.25) is 5.91 Å². The number of carbonyl (C=O) groups excluding carboxylic acids is 3. The van der Waals surface area contributed by atoms with Gasteiger partial charge in [0.1, 0.15) is 22.3 Å². The van der Waals surface area contributed by atoms with Gasteiger partial charge in [-0.2, -0.15) is 4.99 Å². The molecule has 0 spiro atoms. The molecule has 13 heteroatoms. The van der Waals surface area contributed by atoms with Gasteiger partial charge < -0.3 is 19.4 Å². The zero-order chi connectivity index (χ0) is 27.4. The average Bonchev–Trinajstić information content (AvgIpc) is 3.51. The lowest BCUT2D eigenvalue weighted by Gasteiger charge is -2.07. The number of aryl methyl sites for hydroxylation is 1. The molecule has 202 valence electrons. The molecule has 0 bridgehead atoms. The lowest BCUT2D eigenvalue weighted by molar-refractivity contribution is -0.115. The van der Waals surface area contributed by atoms with E-state index >= 15 is 0 Å². The topological polar surface area (TPSA) is 133 Å². The molecule has 1 aliphatic carbocycles. The highest BCUT2D eigenvalue weighted by atomic mass is 32.2. The Balaban J connectivity index is 1.51. The Kier molecular flexibility index (Phi) is 8.48. The second-order valence-electron chi connectivity index (χ2n) is 8.49. The predicted molar refractivity (Wildman–Crippen MR) is 147 cm³/mol. The Morgan fingerprint density at radius 2 is 2.00 bits per heavy atom. The summed E-state index contributed by atoms with van der Waals surface area (Å²) in [4.78, 5) is 42.8. The van der Waals surface area contributed by atoms with E-state index in [0.717, 1.165) is 33.5 Å². The highest BCUT2D eigenvalue weighted by molar-refractivity contribution is 7.92. The highest BCUT2D eigenvalue weighted by Crippen LogP contribution is 2.39. The molecule has 0 atom stereocenters. The SMILES string of the molecule is C=CCn1c(=NC(=O)CS(=O)(=O)CC(=O)Nc2sc3c(c2C(=O)OC)CCC3)sc2cc(OCC)ccc21. The van der Waals surface area contributed by atoms with Crippen molar-refractivity contribution in [3.05, 3.63) is 51.7 Å². The molecule has 1 N–H and O–H groups in total. The van der Waals surface area contributed by atoms with Crippen LogP contribution in [-0.2, 0) is 43.5 Å². The minimum Gasteiger partial charge on any atom is -0.494 e. The lowest BCUT2D eigenvalue weighted by atomic mass is 10.1. The minimum absolute atomic E-state index is 0.264. The fraction of sp³-hybridized carbons (Fsp3) is 0.360. The van der Waals surface area contributed by atoms with Crippen molar-refractivity contribution in [2.24, 2.45) is 4.99 Å². The first kappa shape index (κ1) is 27.7. The first-order chi connectivity index (χ1) is 18.2. The fourth-order valence-corrected chi connectivity index (χ4v) is 7.64. The van der Waals surface area contributed by atoms with Gasteiger partial charge in [-0.25, -0.2) is 13.2 Å². The number of thiophene rings is 1. The Labute approximate surface area is 227 Å². The van der Waals surface area contributed by atoms with Crippen molar-refractivity contribution < 1.29 is 32.3 Å². The van der Waals surface area contributed by atoms with Gasteiger partial charge in [-0.15, -0.1) is 17.9 Å². The van der Waals surface area contributed by atoms with Gasteiger partial charge in [0.15, 0.2) is 14.6 Å². The maximum atomic E-state index is 12.7. The second kappa shape index (κ2) is 11.6. The predicted octanol–water partition coefficient (Wildman–Crippen LogP) is 3.11. The fourth-order valence-electron chi connectivity index (χ4n) is 4.25. The summed E-state index contributed by atoms with van der Waals surface area (Å²) >= 11 is 2.47. The van der Waals surface area contributed by atoms with Crippen LogP contribution >= 0.6 is 22.7 Å². The van der Waals surface area contributed by atoms with Gasteiger partial charge in [-0.3, -0.25) is 9.59 Å². The number of methoxy groups -OCH3 is 1. The number of hydrogen-bond acceptors (Lipinski definition) is 9. The molecule has 0 saturated carbocycles. The summed E-state index contributed by atoms with van der Waals surface area (Å²) in [6, 6.07) is 5.48. The summed E-state index contributed by atoms with van der Waals surface area (Å²) in [5.41, 5.74) is 1.90. The third-order valence-corrected chi connectivity index (χ3v) is 9.39. The monoisotopic (exact) mass is 577 g/mol. The second-order valence-corrected chi connectivity index (χ2v) is 12.7. The zero-order valence-corrected chi connectivity index (χ0v) is 23.4. The number of thiazole rings is 1. The molecule has 10 nitrogen and oxygen atoms in total. The van der Waals surface area contributed by atoms with Crippen molar-refractivity contribution in [1.82, 2.24) is 4.57 Å². The number of allylic oxidation sites excluding steroid dienone is 1. The number of amides is 2. The van der Waals surface area contributed by atoms with Gasteiger partial charge in [0, 0.05) is 11.4 Å². The Morgan fingerprint density at radius 3 is 2.71 bits per heavy atom. The normalized spacial score (nSPS) is 13.4. The molecule has 2 aromatic heterocycles. The third kappa shape index (κ3) is 6.05. The van der Waals surface area contributed by atoms with Crippen LogP contribution in [0.15, 0.2) is 35.8 Å². The molecule has 4 rings (SSSR count). The molecule has 1 aromatic carbocycles. The number of carbonyl (C=O) groups is 3. The molecule has 2 heterocycles. The average molecular weight is 578 g/mol. The van der Waals surface area contributed by atoms with Crippen LogP contribution in [0.5, 0.6) is 5.75 Å². The van der Waals surface area contributed by atoms with Crippen molar-refractivity contribution in [1.29, 1.82) is 0 Å². The molecule has 0 aliphatic heterocycles. The summed E-state index contributed by atoms with van der Waals surface area (Å²) in [6.45, 7) is 6.48. The maximum Gasteiger partial charge on any atom is 0.341 e. The van der Waals surface area contributed by atoms with E-state index in [2.05, 4.69) is 16.9 Å². The third-order valence-electron chi connectivity index (χ3n) is 5.76. The number of fused-ring (bicyclic) bond motifs is 2. The Hall–Kier alpha value is -3.29. The summed E-state index contributed by atoms with van der Waals surface area (Å²) < 4.78 is 38.3. The number of hydrogen-bond donors (Lipinski definition) is 1. The van der Waals surface area contributed by atoms with Crippen LogP contribution in [0.4, 0.5) is 5.00 Å². The number of aromatic nitrogens is 1. The number of nitrogens with zero attached hydrogens (tertiary/aromatic N) is 2. The van der Waals surface area contributed by atoms with Crippen molar-refractivity contribution in [3.8, 4) is 5.75 Å². The van der Waals surface area contributed by atoms with E-state index in [1.807, 2.05) is 19.1 Å². The first-order valence-corrected chi connectivity index (χ1v) is 15.3. The molecule has 0 unspecified atom stereocenters. The summed E-state index contributed by atoms with van der Waals surface area (Å²) in [5, 5.41) is 2.79. The van der Waals surface area contributed by atoms with Gasteiger partial charge in [0.05, 0.1) is 29.5 Å². The summed E-state index contributed by atoms with van der Waals surface area (Å²) in [7, 11) is -2.88. The number of ether oxygens (including phenoxy) is 2. The van der Waals surface area contributed by atoms with Gasteiger partial charge in [-0.05, 0) is 49.9 Å². The van der Waals surface area contributed by atoms with Crippen LogP contribution in [0, 0.1) is 0 Å². The van der Waals surface area contributed by atoms with E-state index in [9.17, 15) is 22.8 Å². The number of rotatable bonds is 10. The molecular formula is C25H27N3O7S3. The van der Waals surface area contributed by atoms with Crippen LogP contribution < -0.4 is 14.9 Å². The largest absolute Gasteiger partial charge is 0.494 e. The highest BCUT2D eigenvalue weighted by Gasteiger charge is 2.29. The number of nitrogens with one attached hydrogen (secondary N) is 1. The molecule has 0 saturated heterocycles. The lowest BCUT2D eigenvalue weighted by Crippen LogP contribution is -2.28. The van der Waals surface area contributed by atoms with Crippen molar-refractivity contribution in [2.75, 3.05) is 30.5 Å². The van der Waals surface area contributed by atoms with Gasteiger partial charge in [-0.1, -0.05) is 17.4 Å². The standard InChI is InChI=1S/C25H27N3O7S3/c1-4-11-28-17-10-9-15(35-5-2)12-19(17)37-25(28)27-21(30)14-38(32,33)13-20(29)26-23-22(24(31)34-3)16-7-6-8-18(16)36-23/h4,9-10,12H,1,5-8,11,13-14H2,2-3H3,(H,26,29). The molecule has 1 aliphatic rings. The van der Waals surface area contributed by atoms with E-state index in [1.165, 1.54) is 29.8 Å². The van der Waals surface area contributed by atoms with Gasteiger partial charge >= 0.3 is 5.97 Å². The molecular weight excluding hydrogens is 550 g/mol. The van der Waals surface area contributed by atoms with E-state index in [1.54, 1.807) is 16.7 Å². The van der Waals surface area contributed by atoms with Crippen LogP contribution in [0.25, 0.3) is 10.2 Å². The number of anilines is 1. The summed E-state index contributed by atoms with van der Waals surface area (Å²) in [5.74, 6) is -3.50. The van der Waals surface area contributed by atoms with Crippen molar-refractivity contribution in [2.45, 2.75) is 32.7 Å². The molecule has 0 fully saturated rings. The summed E-state index contributed by atoms with van der Waals surface area (Å²) in [6.07, 6.45) is 4.03. The minimum atomic E-state index is -4.13. The molecule has 3 aromatic rings. The maximum absolute atomic E-state index is 12.7. The number of benzene rings is 1. The first-order valence-electron chi connectivity index (χ1n) is 11.8. The van der Waals surface area contributed by atoms with Gasteiger partial charge in [0.25, 0.3) is 5.91 Å². The molecule has 38 heavy (non-hydrogen) atoms. The Bertz CT molecular complexity index is 1600. The van der Waals surface area contributed by atoms with Crippen LogP contribution in [0.1, 0.15) is 34.1 Å². The Morgan fingerprint density at radius 1 is 1.21 bits per heavy atom. The molecule has 2 amide bonds. The van der Waals surface area contributed by atoms with E-state index in [-0.39, 0.29) is 10.6 Å².